The van der Waals surface area contributed by atoms with Crippen LogP contribution >= 0.6 is 0 Å². The molecule has 2 aromatic rings. The summed E-state index contributed by atoms with van der Waals surface area (Å²) >= 11 is 0. The zero-order valence-corrected chi connectivity index (χ0v) is 15.6. The number of methoxy groups -OCH3 is 2. The van der Waals surface area contributed by atoms with Gasteiger partial charge in [0.2, 0.25) is 5.89 Å². The normalized spacial score (nSPS) is 11.4. The van der Waals surface area contributed by atoms with Crippen LogP contribution in [0.5, 0.6) is 11.5 Å². The molecule has 0 fully saturated rings. The van der Waals surface area contributed by atoms with Crippen molar-refractivity contribution in [3.05, 3.63) is 35.0 Å². The van der Waals surface area contributed by atoms with Gasteiger partial charge in [0.1, 0.15) is 0 Å². The van der Waals surface area contributed by atoms with Crippen LogP contribution in [0.3, 0.4) is 0 Å². The maximum Gasteiger partial charge on any atom is 0.223 e. The number of aliphatic imine (C=N–C) groups is 1. The molecular formula is C17H25N5O3. The van der Waals surface area contributed by atoms with E-state index in [0.29, 0.717) is 30.6 Å². The molecule has 0 saturated heterocycles. The minimum Gasteiger partial charge on any atom is -0.493 e. The highest BCUT2D eigenvalue weighted by molar-refractivity contribution is 5.79. The van der Waals surface area contributed by atoms with Crippen LogP contribution < -0.4 is 14.8 Å². The molecule has 1 aromatic carbocycles. The van der Waals surface area contributed by atoms with Crippen LogP contribution in [0.2, 0.25) is 0 Å². The molecule has 0 aliphatic carbocycles. The van der Waals surface area contributed by atoms with Gasteiger partial charge in [0.25, 0.3) is 0 Å². The minimum atomic E-state index is 0.444. The summed E-state index contributed by atoms with van der Waals surface area (Å²) in [6, 6.07) is 3.96. The van der Waals surface area contributed by atoms with Crippen LogP contribution in [0.1, 0.15) is 22.8 Å². The number of nitrogens with zero attached hydrogens (tertiary/aromatic N) is 4. The average molecular weight is 347 g/mol. The van der Waals surface area contributed by atoms with Crippen molar-refractivity contribution >= 4 is 5.96 Å². The third kappa shape index (κ3) is 4.62. The number of hydrogen-bond acceptors (Lipinski definition) is 6. The highest BCUT2D eigenvalue weighted by Gasteiger charge is 2.13. The molecule has 0 amide bonds. The fraction of sp³-hybridized carbons (Fsp3) is 0.471. The molecule has 0 atom stereocenters. The molecule has 25 heavy (non-hydrogen) atoms. The Kier molecular flexibility index (Phi) is 6.21. The summed E-state index contributed by atoms with van der Waals surface area (Å²) in [4.78, 5) is 10.5. The van der Waals surface area contributed by atoms with E-state index in [1.54, 1.807) is 28.2 Å². The zero-order chi connectivity index (χ0) is 18.4. The van der Waals surface area contributed by atoms with E-state index in [2.05, 4.69) is 20.4 Å². The Balaban J connectivity index is 2.07. The molecule has 1 aromatic heterocycles. The van der Waals surface area contributed by atoms with Crippen LogP contribution in [0.15, 0.2) is 21.6 Å². The first-order valence-electron chi connectivity index (χ1n) is 7.91. The summed E-state index contributed by atoms with van der Waals surface area (Å²) in [5, 5.41) is 7.09. The number of aromatic nitrogens is 2. The smallest absolute Gasteiger partial charge is 0.223 e. The molecule has 1 N–H and O–H groups in total. The molecule has 8 heteroatoms. The van der Waals surface area contributed by atoms with E-state index in [-0.39, 0.29) is 0 Å². The number of ether oxygens (including phenoxy) is 2. The van der Waals surface area contributed by atoms with E-state index < -0.39 is 0 Å². The van der Waals surface area contributed by atoms with Crippen LogP contribution in [-0.4, -0.2) is 49.3 Å². The molecule has 0 saturated carbocycles. The van der Waals surface area contributed by atoms with Gasteiger partial charge in [-0.15, -0.1) is 0 Å². The molecule has 0 spiro atoms. The molecule has 0 aliphatic rings. The van der Waals surface area contributed by atoms with Gasteiger partial charge in [-0.1, -0.05) is 5.16 Å². The van der Waals surface area contributed by atoms with Gasteiger partial charge >= 0.3 is 0 Å². The Morgan fingerprint density at radius 2 is 1.92 bits per heavy atom. The first-order valence-corrected chi connectivity index (χ1v) is 7.91. The van der Waals surface area contributed by atoms with E-state index in [4.69, 9.17) is 14.0 Å². The van der Waals surface area contributed by atoms with Crippen molar-refractivity contribution in [2.75, 3.05) is 28.3 Å². The monoisotopic (exact) mass is 347 g/mol. The molecule has 0 aliphatic heterocycles. The van der Waals surface area contributed by atoms with Crippen molar-refractivity contribution in [2.24, 2.45) is 4.99 Å². The van der Waals surface area contributed by atoms with E-state index >= 15 is 0 Å². The molecule has 1 heterocycles. The second kappa shape index (κ2) is 8.36. The van der Waals surface area contributed by atoms with E-state index in [0.717, 1.165) is 22.8 Å². The lowest BCUT2D eigenvalue weighted by Gasteiger charge is -2.23. The molecule has 8 nitrogen and oxygen atoms in total. The quantitative estimate of drug-likeness (QED) is 0.631. The Labute approximate surface area is 147 Å². The lowest BCUT2D eigenvalue weighted by Crippen LogP contribution is -2.38. The van der Waals surface area contributed by atoms with Crippen molar-refractivity contribution in [1.82, 2.24) is 20.4 Å². The van der Waals surface area contributed by atoms with E-state index in [1.807, 2.05) is 31.0 Å². The molecular weight excluding hydrogens is 322 g/mol. The van der Waals surface area contributed by atoms with Gasteiger partial charge in [0.15, 0.2) is 23.3 Å². The van der Waals surface area contributed by atoms with Gasteiger partial charge in [-0.05, 0) is 30.2 Å². The third-order valence-corrected chi connectivity index (χ3v) is 3.80. The largest absolute Gasteiger partial charge is 0.493 e. The van der Waals surface area contributed by atoms with Crippen LogP contribution in [0.4, 0.5) is 0 Å². The number of hydrogen-bond donors (Lipinski definition) is 1. The number of guanidine groups is 1. The Morgan fingerprint density at radius 3 is 2.48 bits per heavy atom. The van der Waals surface area contributed by atoms with Crippen LogP contribution in [0.25, 0.3) is 0 Å². The van der Waals surface area contributed by atoms with E-state index in [9.17, 15) is 0 Å². The SMILES string of the molecule is CN=C(NCc1noc(C)n1)N(C)Cc1cc(OC)c(OC)cc1C. The lowest BCUT2D eigenvalue weighted by atomic mass is 10.1. The van der Waals surface area contributed by atoms with Gasteiger partial charge in [-0.25, -0.2) is 0 Å². The number of nitrogens with one attached hydrogen (secondary N) is 1. The fourth-order valence-corrected chi connectivity index (χ4v) is 2.48. The maximum absolute atomic E-state index is 5.39. The van der Waals surface area contributed by atoms with Gasteiger partial charge in [-0.3, -0.25) is 4.99 Å². The summed E-state index contributed by atoms with van der Waals surface area (Å²) in [6.07, 6.45) is 0. The van der Waals surface area contributed by atoms with Gasteiger partial charge < -0.3 is 24.2 Å². The third-order valence-electron chi connectivity index (χ3n) is 3.80. The zero-order valence-electron chi connectivity index (χ0n) is 15.6. The minimum absolute atomic E-state index is 0.444. The van der Waals surface area contributed by atoms with Crippen LogP contribution in [0, 0.1) is 13.8 Å². The van der Waals surface area contributed by atoms with Crippen molar-refractivity contribution < 1.29 is 14.0 Å². The molecule has 2 rings (SSSR count). The summed E-state index contributed by atoms with van der Waals surface area (Å²) in [7, 11) is 6.97. The Hall–Kier alpha value is -2.77. The van der Waals surface area contributed by atoms with Crippen molar-refractivity contribution in [1.29, 1.82) is 0 Å². The van der Waals surface area contributed by atoms with Gasteiger partial charge in [-0.2, -0.15) is 4.98 Å². The Morgan fingerprint density at radius 1 is 1.24 bits per heavy atom. The summed E-state index contributed by atoms with van der Waals surface area (Å²) in [6.45, 7) is 4.91. The molecule has 0 radical (unpaired) electrons. The molecule has 136 valence electrons. The second-order valence-corrected chi connectivity index (χ2v) is 5.62. The van der Waals surface area contributed by atoms with Gasteiger partial charge in [0.05, 0.1) is 20.8 Å². The summed E-state index contributed by atoms with van der Waals surface area (Å²) < 4.78 is 15.7. The first kappa shape index (κ1) is 18.6. The van der Waals surface area contributed by atoms with Crippen molar-refractivity contribution in [3.63, 3.8) is 0 Å². The Bertz CT molecular complexity index is 742. The number of aryl methyl sites for hydroxylation is 2. The topological polar surface area (TPSA) is 85.0 Å². The second-order valence-electron chi connectivity index (χ2n) is 5.62. The van der Waals surface area contributed by atoms with Crippen molar-refractivity contribution in [2.45, 2.75) is 26.9 Å². The fourth-order valence-electron chi connectivity index (χ4n) is 2.48. The summed E-state index contributed by atoms with van der Waals surface area (Å²) in [5.41, 5.74) is 2.24. The van der Waals surface area contributed by atoms with Crippen LogP contribution in [-0.2, 0) is 13.1 Å². The number of benzene rings is 1. The number of rotatable bonds is 6. The maximum atomic E-state index is 5.39. The van der Waals surface area contributed by atoms with Crippen molar-refractivity contribution in [3.8, 4) is 11.5 Å². The predicted molar refractivity (Wildman–Crippen MR) is 95.0 cm³/mol. The van der Waals surface area contributed by atoms with Gasteiger partial charge in [0, 0.05) is 27.6 Å². The molecule has 0 bridgehead atoms. The highest BCUT2D eigenvalue weighted by Crippen LogP contribution is 2.30. The predicted octanol–water partition coefficient (Wildman–Crippen LogP) is 1.91. The summed E-state index contributed by atoms with van der Waals surface area (Å²) in [5.74, 6) is 3.30. The van der Waals surface area contributed by atoms with E-state index in [1.165, 1.54) is 0 Å². The lowest BCUT2D eigenvalue weighted by molar-refractivity contribution is 0.353. The molecule has 0 unspecified atom stereocenters. The first-order chi connectivity index (χ1) is 12.0. The average Bonchev–Trinajstić information content (AvgIpc) is 3.02. The standard InChI is InChI=1S/C17H25N5O3/c1-11-7-14(23-5)15(24-6)8-13(11)10-22(4)17(18-3)19-9-16-20-12(2)25-21-16/h7-8H,9-10H2,1-6H3,(H,18,19). The highest BCUT2D eigenvalue weighted by atomic mass is 16.5.